The first-order valence-electron chi connectivity index (χ1n) is 6.60. The zero-order valence-electron chi connectivity index (χ0n) is 12.0. The van der Waals surface area contributed by atoms with Crippen LogP contribution in [0.1, 0.15) is 38.7 Å². The number of unbranched alkanes of at least 4 members (excludes halogenated alkanes) is 1. The van der Waals surface area contributed by atoms with Crippen molar-refractivity contribution in [2.24, 2.45) is 5.92 Å². The van der Waals surface area contributed by atoms with E-state index in [0.717, 1.165) is 18.6 Å². The first-order chi connectivity index (χ1) is 9.36. The Morgan fingerprint density at radius 1 is 1.40 bits per heavy atom. The smallest absolute Gasteiger partial charge is 0.311 e. The van der Waals surface area contributed by atoms with E-state index in [0.29, 0.717) is 12.8 Å². The van der Waals surface area contributed by atoms with Crippen LogP contribution in [0.5, 0.6) is 0 Å². The van der Waals surface area contributed by atoms with Gasteiger partial charge in [-0.25, -0.2) is 8.78 Å². The SMILES string of the molecule is CCCCC(C(=O)OC)C(C)(O)c1c(F)cccc1F. The lowest BCUT2D eigenvalue weighted by molar-refractivity contribution is -0.156. The second-order valence-electron chi connectivity index (χ2n) is 4.96. The molecule has 0 saturated carbocycles. The van der Waals surface area contributed by atoms with Gasteiger partial charge in [0.1, 0.15) is 17.2 Å². The molecule has 2 atom stereocenters. The number of ether oxygens (including phenoxy) is 1. The van der Waals surface area contributed by atoms with E-state index in [1.807, 2.05) is 6.92 Å². The number of hydrogen-bond donors (Lipinski definition) is 1. The summed E-state index contributed by atoms with van der Waals surface area (Å²) < 4.78 is 32.3. The highest BCUT2D eigenvalue weighted by molar-refractivity contribution is 5.74. The molecule has 0 aliphatic heterocycles. The number of methoxy groups -OCH3 is 1. The summed E-state index contributed by atoms with van der Waals surface area (Å²) in [5.41, 5.74) is -2.45. The van der Waals surface area contributed by atoms with Crippen molar-refractivity contribution in [3.63, 3.8) is 0 Å². The second kappa shape index (κ2) is 6.79. The fourth-order valence-corrected chi connectivity index (χ4v) is 2.33. The normalized spacial score (nSPS) is 15.5. The Balaban J connectivity index is 3.24. The van der Waals surface area contributed by atoms with Crippen LogP contribution in [-0.4, -0.2) is 18.2 Å². The lowest BCUT2D eigenvalue weighted by Gasteiger charge is -2.32. The number of rotatable bonds is 6. The van der Waals surface area contributed by atoms with Crippen LogP contribution in [0.25, 0.3) is 0 Å². The fraction of sp³-hybridized carbons (Fsp3) is 0.533. The summed E-state index contributed by atoms with van der Waals surface area (Å²) in [5, 5.41) is 10.6. The topological polar surface area (TPSA) is 46.5 Å². The number of hydrogen-bond acceptors (Lipinski definition) is 3. The van der Waals surface area contributed by atoms with E-state index < -0.39 is 34.7 Å². The summed E-state index contributed by atoms with van der Waals surface area (Å²) in [5.74, 6) is -3.44. The van der Waals surface area contributed by atoms with Crippen molar-refractivity contribution in [3.05, 3.63) is 35.4 Å². The van der Waals surface area contributed by atoms with Crippen molar-refractivity contribution >= 4 is 5.97 Å². The molecule has 0 aliphatic carbocycles. The van der Waals surface area contributed by atoms with E-state index in [1.54, 1.807) is 0 Å². The van der Waals surface area contributed by atoms with E-state index in [4.69, 9.17) is 0 Å². The van der Waals surface area contributed by atoms with Gasteiger partial charge in [0.25, 0.3) is 0 Å². The quantitative estimate of drug-likeness (QED) is 0.817. The number of aliphatic hydroxyl groups is 1. The zero-order chi connectivity index (χ0) is 15.3. The van der Waals surface area contributed by atoms with Crippen molar-refractivity contribution in [1.29, 1.82) is 0 Å². The summed E-state index contributed by atoms with van der Waals surface area (Å²) >= 11 is 0. The molecule has 0 amide bonds. The molecule has 0 heterocycles. The fourth-order valence-electron chi connectivity index (χ4n) is 2.33. The lowest BCUT2D eigenvalue weighted by atomic mass is 9.79. The van der Waals surface area contributed by atoms with Crippen molar-refractivity contribution in [2.45, 2.75) is 38.7 Å². The Hall–Kier alpha value is -1.49. The van der Waals surface area contributed by atoms with E-state index >= 15 is 0 Å². The maximum atomic E-state index is 13.8. The average Bonchev–Trinajstić information content (AvgIpc) is 2.38. The molecule has 0 saturated heterocycles. The van der Waals surface area contributed by atoms with Gasteiger partial charge in [-0.05, 0) is 25.5 Å². The standard InChI is InChI=1S/C15H20F2O3/c1-4-5-7-10(14(18)20-3)15(2,19)13-11(16)8-6-9-12(13)17/h6,8-10,19H,4-5,7H2,1-3H3. The Morgan fingerprint density at radius 2 is 1.95 bits per heavy atom. The Bertz CT molecular complexity index is 452. The summed E-state index contributed by atoms with van der Waals surface area (Å²) in [6.45, 7) is 3.17. The van der Waals surface area contributed by atoms with Crippen molar-refractivity contribution < 1.29 is 23.4 Å². The van der Waals surface area contributed by atoms with Crippen molar-refractivity contribution in [2.75, 3.05) is 7.11 Å². The molecule has 1 aromatic carbocycles. The molecule has 0 aromatic heterocycles. The third-order valence-electron chi connectivity index (χ3n) is 3.48. The number of benzene rings is 1. The average molecular weight is 286 g/mol. The van der Waals surface area contributed by atoms with Gasteiger partial charge in [0.05, 0.1) is 18.6 Å². The number of carbonyl (C=O) groups excluding carboxylic acids is 1. The van der Waals surface area contributed by atoms with Crippen molar-refractivity contribution in [1.82, 2.24) is 0 Å². The largest absolute Gasteiger partial charge is 0.469 e. The molecule has 1 aromatic rings. The molecule has 0 spiro atoms. The van der Waals surface area contributed by atoms with Gasteiger partial charge in [-0.1, -0.05) is 25.8 Å². The summed E-state index contributed by atoms with van der Waals surface area (Å²) in [6, 6.07) is 3.32. The molecular weight excluding hydrogens is 266 g/mol. The highest BCUT2D eigenvalue weighted by Crippen LogP contribution is 2.36. The molecule has 0 aliphatic rings. The Labute approximate surface area is 117 Å². The number of esters is 1. The third kappa shape index (κ3) is 3.33. The van der Waals surface area contributed by atoms with Gasteiger partial charge in [-0.3, -0.25) is 4.79 Å². The molecule has 2 unspecified atom stereocenters. The van der Waals surface area contributed by atoms with Crippen LogP contribution in [0.15, 0.2) is 18.2 Å². The Morgan fingerprint density at radius 3 is 2.40 bits per heavy atom. The predicted octanol–water partition coefficient (Wildman–Crippen LogP) is 3.15. The molecule has 0 radical (unpaired) electrons. The van der Waals surface area contributed by atoms with Gasteiger partial charge in [0.2, 0.25) is 0 Å². The van der Waals surface area contributed by atoms with E-state index in [2.05, 4.69) is 4.74 Å². The molecule has 1 N–H and O–H groups in total. The number of carbonyl (C=O) groups is 1. The monoisotopic (exact) mass is 286 g/mol. The molecule has 1 rings (SSSR count). The van der Waals surface area contributed by atoms with Gasteiger partial charge >= 0.3 is 5.97 Å². The van der Waals surface area contributed by atoms with Crippen LogP contribution in [0.4, 0.5) is 8.78 Å². The maximum absolute atomic E-state index is 13.8. The van der Waals surface area contributed by atoms with E-state index in [9.17, 15) is 18.7 Å². The van der Waals surface area contributed by atoms with Gasteiger partial charge in [0.15, 0.2) is 0 Å². The van der Waals surface area contributed by atoms with Gasteiger partial charge < -0.3 is 9.84 Å². The first kappa shape index (κ1) is 16.6. The van der Waals surface area contributed by atoms with E-state index in [-0.39, 0.29) is 0 Å². The number of halogens is 2. The van der Waals surface area contributed by atoms with Gasteiger partial charge in [0, 0.05) is 0 Å². The predicted molar refractivity (Wildman–Crippen MR) is 71.0 cm³/mol. The molecular formula is C15H20F2O3. The minimum atomic E-state index is -1.96. The maximum Gasteiger partial charge on any atom is 0.311 e. The van der Waals surface area contributed by atoms with Crippen LogP contribution in [0, 0.1) is 17.6 Å². The summed E-state index contributed by atoms with van der Waals surface area (Å²) in [7, 11) is 1.19. The Kier molecular flexibility index (Phi) is 5.62. The highest BCUT2D eigenvalue weighted by atomic mass is 19.1. The molecule has 5 heteroatoms. The van der Waals surface area contributed by atoms with Crippen LogP contribution in [-0.2, 0) is 15.1 Å². The van der Waals surface area contributed by atoms with Gasteiger partial charge in [-0.15, -0.1) is 0 Å². The lowest BCUT2D eigenvalue weighted by Crippen LogP contribution is -2.39. The minimum Gasteiger partial charge on any atom is -0.469 e. The molecule has 3 nitrogen and oxygen atoms in total. The van der Waals surface area contributed by atoms with Crippen LogP contribution < -0.4 is 0 Å². The second-order valence-corrected chi connectivity index (χ2v) is 4.96. The molecule has 112 valence electrons. The summed E-state index contributed by atoms with van der Waals surface area (Å²) in [6.07, 6.45) is 1.74. The molecule has 0 bridgehead atoms. The molecule has 0 fully saturated rings. The van der Waals surface area contributed by atoms with Crippen LogP contribution in [0.2, 0.25) is 0 Å². The van der Waals surface area contributed by atoms with Crippen LogP contribution in [0.3, 0.4) is 0 Å². The highest BCUT2D eigenvalue weighted by Gasteiger charge is 2.42. The molecule has 20 heavy (non-hydrogen) atoms. The third-order valence-corrected chi connectivity index (χ3v) is 3.48. The zero-order valence-corrected chi connectivity index (χ0v) is 12.0. The minimum absolute atomic E-state index is 0.296. The van der Waals surface area contributed by atoms with Crippen molar-refractivity contribution in [3.8, 4) is 0 Å². The van der Waals surface area contributed by atoms with E-state index in [1.165, 1.54) is 20.1 Å². The summed E-state index contributed by atoms with van der Waals surface area (Å²) in [4.78, 5) is 11.8. The van der Waals surface area contributed by atoms with Crippen LogP contribution >= 0.6 is 0 Å². The van der Waals surface area contributed by atoms with Gasteiger partial charge in [-0.2, -0.15) is 0 Å². The first-order valence-corrected chi connectivity index (χ1v) is 6.60.